The Balaban J connectivity index is 4.90. The monoisotopic (exact) mass is 456 g/mol. The van der Waals surface area contributed by atoms with Crippen LogP contribution in [-0.2, 0) is 0 Å². The third-order valence-corrected chi connectivity index (χ3v) is 19.3. The van der Waals surface area contributed by atoms with Crippen LogP contribution in [0.15, 0.2) is 34.0 Å². The van der Waals surface area contributed by atoms with Gasteiger partial charge in [0.25, 0.3) is 0 Å². The van der Waals surface area contributed by atoms with Crippen LogP contribution in [0.1, 0.15) is 86.0 Å². The number of rotatable bonds is 15. The van der Waals surface area contributed by atoms with Crippen molar-refractivity contribution in [2.45, 2.75) is 105 Å². The Hall–Kier alpha value is -0.0213. The first-order chi connectivity index (χ1) is 12.0. The number of hydrogen-bond donors (Lipinski definition) is 1. The average Bonchev–Trinajstić information content (AvgIpc) is 2.60. The van der Waals surface area contributed by atoms with E-state index in [0.717, 1.165) is 12.8 Å². The summed E-state index contributed by atoms with van der Waals surface area (Å²) in [6.45, 7) is 11.1. The normalized spacial score (nSPS) is 14.7. The molecular weight excluding hydrogens is 411 g/mol. The van der Waals surface area contributed by atoms with Crippen LogP contribution in [0.25, 0.3) is 0 Å². The van der Waals surface area contributed by atoms with Crippen molar-refractivity contribution in [3.05, 3.63) is 34.0 Å². The van der Waals surface area contributed by atoms with Crippen LogP contribution < -0.4 is 0 Å². The fourth-order valence-corrected chi connectivity index (χ4v) is 17.9. The zero-order chi connectivity index (χ0) is 19.0. The van der Waals surface area contributed by atoms with Gasteiger partial charge in [0.1, 0.15) is 0 Å². The molecule has 0 amide bonds. The van der Waals surface area contributed by atoms with E-state index in [4.69, 9.17) is 0 Å². The first-order valence-electron chi connectivity index (χ1n) is 10.7. The molecule has 1 nitrogen and oxygen atoms in total. The molecule has 0 saturated carbocycles. The van der Waals surface area contributed by atoms with Gasteiger partial charge in [0.05, 0.1) is 0 Å². The molecule has 25 heavy (non-hydrogen) atoms. The van der Waals surface area contributed by atoms with Crippen molar-refractivity contribution in [2.24, 2.45) is 0 Å². The molecule has 0 bridgehead atoms. The van der Waals surface area contributed by atoms with Gasteiger partial charge in [-0.25, -0.2) is 0 Å². The van der Waals surface area contributed by atoms with Gasteiger partial charge in [-0.2, -0.15) is 0 Å². The Morgan fingerprint density at radius 2 is 1.44 bits per heavy atom. The van der Waals surface area contributed by atoms with Crippen LogP contribution in [0.3, 0.4) is 0 Å². The molecule has 2 heteroatoms. The molecule has 0 radical (unpaired) electrons. The first kappa shape index (κ1) is 25.0. The van der Waals surface area contributed by atoms with Crippen molar-refractivity contribution in [3.8, 4) is 0 Å². The molecule has 0 aliphatic heterocycles. The third-order valence-electron chi connectivity index (χ3n) is 5.09. The SMILES string of the molecule is C/C=C/C/C(C)=C\C(O)C/C=[CH]/[Sn]([CH2]CCC)([CH2]CCC)[CH2]CCC. The van der Waals surface area contributed by atoms with Gasteiger partial charge in [0.15, 0.2) is 0 Å². The maximum absolute atomic E-state index is 10.3. The van der Waals surface area contributed by atoms with Crippen LogP contribution in [0.5, 0.6) is 0 Å². The van der Waals surface area contributed by atoms with E-state index in [1.54, 1.807) is 0 Å². The van der Waals surface area contributed by atoms with Crippen molar-refractivity contribution in [3.63, 3.8) is 0 Å². The Bertz CT molecular complexity index is 373. The molecule has 1 N–H and O–H groups in total. The third kappa shape index (κ3) is 12.9. The van der Waals surface area contributed by atoms with Crippen LogP contribution in [0.2, 0.25) is 13.3 Å². The molecule has 0 aromatic rings. The maximum atomic E-state index is 10.3. The molecule has 0 spiro atoms. The fourth-order valence-electron chi connectivity index (χ4n) is 3.44. The van der Waals surface area contributed by atoms with E-state index in [0.29, 0.717) is 0 Å². The molecule has 0 rings (SSSR count). The number of aliphatic hydroxyl groups is 1. The molecule has 0 heterocycles. The van der Waals surface area contributed by atoms with Gasteiger partial charge in [-0.05, 0) is 0 Å². The summed E-state index contributed by atoms with van der Waals surface area (Å²) >= 11 is -2.16. The van der Waals surface area contributed by atoms with Crippen LogP contribution in [0.4, 0.5) is 0 Å². The molecule has 0 fully saturated rings. The summed E-state index contributed by atoms with van der Waals surface area (Å²) in [6.07, 6.45) is 18.2. The summed E-state index contributed by atoms with van der Waals surface area (Å²) in [5, 5.41) is 10.3. The molecule has 146 valence electrons. The van der Waals surface area contributed by atoms with Gasteiger partial charge in [-0.1, -0.05) is 0 Å². The van der Waals surface area contributed by atoms with Crippen molar-refractivity contribution in [2.75, 3.05) is 0 Å². The summed E-state index contributed by atoms with van der Waals surface area (Å²) in [4.78, 5) is 0. The Morgan fingerprint density at radius 3 is 1.88 bits per heavy atom. The molecule has 0 saturated heterocycles. The minimum atomic E-state index is -2.16. The fraction of sp³-hybridized carbons (Fsp3) is 0.739. The Labute approximate surface area is 162 Å². The standard InChI is InChI=1S/C11H17O.3C4H9.Sn/c1-4-6-8-10(3)9-11(12)7-5-2;3*1-3-4-2;/h2,4-6,9,11-12H,7-8H2,1,3H3;3*1,3-4H2,2H3;/b5-2?,6-4+,10-9-;;;;. The van der Waals surface area contributed by atoms with Crippen LogP contribution in [0, 0.1) is 0 Å². The number of aliphatic hydroxyl groups excluding tert-OH is 1. The van der Waals surface area contributed by atoms with E-state index in [-0.39, 0.29) is 6.10 Å². The molecule has 1 atom stereocenters. The van der Waals surface area contributed by atoms with Gasteiger partial charge >= 0.3 is 163 Å². The quantitative estimate of drug-likeness (QED) is 0.199. The van der Waals surface area contributed by atoms with Crippen molar-refractivity contribution >= 4 is 18.4 Å². The molecule has 1 unspecified atom stereocenters. The zero-order valence-electron chi connectivity index (χ0n) is 17.7. The van der Waals surface area contributed by atoms with Gasteiger partial charge in [0.2, 0.25) is 0 Å². The minimum absolute atomic E-state index is 0.325. The second-order valence-electron chi connectivity index (χ2n) is 7.66. The predicted molar refractivity (Wildman–Crippen MR) is 118 cm³/mol. The second-order valence-corrected chi connectivity index (χ2v) is 20.7. The first-order valence-corrected chi connectivity index (χ1v) is 18.4. The number of allylic oxidation sites excluding steroid dienone is 3. The van der Waals surface area contributed by atoms with Crippen LogP contribution in [-0.4, -0.2) is 29.6 Å². The molecule has 0 aromatic carbocycles. The Morgan fingerprint density at radius 1 is 0.920 bits per heavy atom. The summed E-state index contributed by atoms with van der Waals surface area (Å²) in [5.74, 6) is 0. The van der Waals surface area contributed by atoms with E-state index in [1.807, 2.05) is 13.0 Å². The van der Waals surface area contributed by atoms with Gasteiger partial charge in [-0.3, -0.25) is 0 Å². The summed E-state index contributed by atoms with van der Waals surface area (Å²) in [5.41, 5.74) is 1.26. The van der Waals surface area contributed by atoms with E-state index >= 15 is 0 Å². The summed E-state index contributed by atoms with van der Waals surface area (Å²) in [7, 11) is 0. The number of hydrogen-bond acceptors (Lipinski definition) is 1. The molecule has 0 aromatic heterocycles. The molecule has 0 aliphatic carbocycles. The second kappa shape index (κ2) is 16.2. The zero-order valence-corrected chi connectivity index (χ0v) is 20.5. The van der Waals surface area contributed by atoms with Crippen molar-refractivity contribution < 1.29 is 5.11 Å². The topological polar surface area (TPSA) is 20.2 Å². The Kier molecular flexibility index (Phi) is 16.2. The van der Waals surface area contributed by atoms with Gasteiger partial charge in [0, 0.05) is 0 Å². The predicted octanol–water partition coefficient (Wildman–Crippen LogP) is 7.59. The van der Waals surface area contributed by atoms with Crippen LogP contribution >= 0.6 is 0 Å². The van der Waals surface area contributed by atoms with E-state index in [9.17, 15) is 5.11 Å². The van der Waals surface area contributed by atoms with E-state index in [1.165, 1.54) is 57.4 Å². The average molecular weight is 455 g/mol. The summed E-state index contributed by atoms with van der Waals surface area (Å²) < 4.78 is 7.20. The van der Waals surface area contributed by atoms with E-state index in [2.05, 4.69) is 50.0 Å². The van der Waals surface area contributed by atoms with Gasteiger partial charge in [-0.15, -0.1) is 0 Å². The van der Waals surface area contributed by atoms with Crippen molar-refractivity contribution in [1.82, 2.24) is 0 Å². The van der Waals surface area contributed by atoms with Gasteiger partial charge < -0.3 is 0 Å². The van der Waals surface area contributed by atoms with Crippen molar-refractivity contribution in [1.29, 1.82) is 0 Å². The molecular formula is C23H44OSn. The van der Waals surface area contributed by atoms with E-state index < -0.39 is 18.4 Å². The number of unbranched alkanes of at least 4 members (excludes halogenated alkanes) is 3. The molecule has 0 aliphatic rings. The summed E-state index contributed by atoms with van der Waals surface area (Å²) in [6, 6.07) is 0.